The predicted molar refractivity (Wildman–Crippen MR) is 99.9 cm³/mol. The first-order chi connectivity index (χ1) is 11.4. The number of aromatic nitrogens is 1. The first kappa shape index (κ1) is 18.0. The molecule has 0 aliphatic carbocycles. The van der Waals surface area contributed by atoms with Crippen LogP contribution in [-0.4, -0.2) is 17.4 Å². The zero-order valence-electron chi connectivity index (χ0n) is 15.0. The fraction of sp³-hybridized carbons (Fsp3) is 0.400. The lowest BCUT2D eigenvalue weighted by Gasteiger charge is -2.23. The Labute approximate surface area is 144 Å². The molecule has 24 heavy (non-hydrogen) atoms. The van der Waals surface area contributed by atoms with Crippen LogP contribution in [0.2, 0.25) is 0 Å². The number of carbonyl (C=O) groups is 1. The third kappa shape index (κ3) is 4.82. The number of pyridine rings is 1. The summed E-state index contributed by atoms with van der Waals surface area (Å²) >= 11 is 0. The van der Waals surface area contributed by atoms with E-state index in [1.165, 1.54) is 5.56 Å². The molecule has 128 valence electrons. The summed E-state index contributed by atoms with van der Waals surface area (Å²) in [6, 6.07) is 11.9. The minimum atomic E-state index is -0.120. The van der Waals surface area contributed by atoms with Crippen molar-refractivity contribution in [3.63, 3.8) is 0 Å². The number of nitrogens with one attached hydrogen (secondary N) is 2. The molecule has 0 saturated heterocycles. The molecule has 1 heterocycles. The molecule has 4 nitrogen and oxygen atoms in total. The number of anilines is 2. The van der Waals surface area contributed by atoms with Crippen molar-refractivity contribution in [3.8, 4) is 0 Å². The lowest BCUT2D eigenvalue weighted by molar-refractivity contribution is 0.0948. The molecule has 2 aromatic rings. The van der Waals surface area contributed by atoms with Crippen LogP contribution in [0.25, 0.3) is 0 Å². The first-order valence-corrected chi connectivity index (χ1v) is 8.52. The Morgan fingerprint density at radius 1 is 1.12 bits per heavy atom. The van der Waals surface area contributed by atoms with Gasteiger partial charge in [0.1, 0.15) is 5.69 Å². The maximum atomic E-state index is 12.0. The second-order valence-corrected chi connectivity index (χ2v) is 6.96. The fourth-order valence-electron chi connectivity index (χ4n) is 2.47. The van der Waals surface area contributed by atoms with Crippen molar-refractivity contribution in [2.45, 2.75) is 46.0 Å². The Morgan fingerprint density at radius 3 is 2.50 bits per heavy atom. The normalized spacial score (nSPS) is 11.2. The summed E-state index contributed by atoms with van der Waals surface area (Å²) in [6.45, 7) is 9.36. The molecule has 0 atom stereocenters. The van der Waals surface area contributed by atoms with Crippen molar-refractivity contribution < 1.29 is 4.79 Å². The lowest BCUT2D eigenvalue weighted by atomic mass is 9.86. The van der Waals surface area contributed by atoms with Crippen LogP contribution >= 0.6 is 0 Å². The van der Waals surface area contributed by atoms with Crippen LogP contribution in [0.15, 0.2) is 42.6 Å². The van der Waals surface area contributed by atoms with Crippen LogP contribution < -0.4 is 10.6 Å². The van der Waals surface area contributed by atoms with Crippen LogP contribution in [0.3, 0.4) is 0 Å². The lowest BCUT2D eigenvalue weighted by Crippen LogP contribution is -2.25. The van der Waals surface area contributed by atoms with Crippen LogP contribution in [0.5, 0.6) is 0 Å². The number of amides is 1. The van der Waals surface area contributed by atoms with Gasteiger partial charge in [-0.2, -0.15) is 0 Å². The topological polar surface area (TPSA) is 54.0 Å². The highest BCUT2D eigenvalue weighted by Gasteiger charge is 2.17. The molecule has 2 rings (SSSR count). The zero-order valence-corrected chi connectivity index (χ0v) is 15.0. The third-order valence-corrected chi connectivity index (χ3v) is 3.83. The van der Waals surface area contributed by atoms with E-state index < -0.39 is 0 Å². The number of hydrogen-bond donors (Lipinski definition) is 2. The van der Waals surface area contributed by atoms with Crippen molar-refractivity contribution >= 4 is 17.3 Å². The molecule has 0 spiro atoms. The van der Waals surface area contributed by atoms with E-state index in [1.807, 2.05) is 18.2 Å². The number of unbranched alkanes of at least 4 members (excludes halogenated alkanes) is 1. The van der Waals surface area contributed by atoms with E-state index in [0.717, 1.165) is 24.2 Å². The fourth-order valence-corrected chi connectivity index (χ4v) is 2.47. The van der Waals surface area contributed by atoms with Crippen LogP contribution in [0.4, 0.5) is 11.4 Å². The molecule has 0 aliphatic rings. The number of carbonyl (C=O) groups excluding carboxylic acids is 1. The molecule has 0 radical (unpaired) electrons. The van der Waals surface area contributed by atoms with Crippen molar-refractivity contribution in [2.75, 3.05) is 11.9 Å². The Morgan fingerprint density at radius 2 is 1.88 bits per heavy atom. The van der Waals surface area contributed by atoms with Crippen molar-refractivity contribution in [1.82, 2.24) is 10.3 Å². The molecule has 0 bridgehead atoms. The van der Waals surface area contributed by atoms with Gasteiger partial charge in [-0.1, -0.05) is 52.3 Å². The molecule has 1 aromatic carbocycles. The molecule has 0 aliphatic heterocycles. The molecule has 1 aromatic heterocycles. The first-order valence-electron chi connectivity index (χ1n) is 8.52. The van der Waals surface area contributed by atoms with Gasteiger partial charge in [0.25, 0.3) is 5.91 Å². The number of benzene rings is 1. The molecule has 0 saturated carbocycles. The minimum Gasteiger partial charge on any atom is -0.354 e. The molecule has 1 amide bonds. The second-order valence-electron chi connectivity index (χ2n) is 6.96. The highest BCUT2D eigenvalue weighted by atomic mass is 16.1. The van der Waals surface area contributed by atoms with Gasteiger partial charge in [0.2, 0.25) is 0 Å². The van der Waals surface area contributed by atoms with Gasteiger partial charge in [0, 0.05) is 12.2 Å². The van der Waals surface area contributed by atoms with E-state index in [9.17, 15) is 4.79 Å². The van der Waals surface area contributed by atoms with E-state index in [4.69, 9.17) is 0 Å². The van der Waals surface area contributed by atoms with Crippen molar-refractivity contribution in [1.29, 1.82) is 0 Å². The Bertz CT molecular complexity index is 672. The summed E-state index contributed by atoms with van der Waals surface area (Å²) in [4.78, 5) is 16.3. The smallest absolute Gasteiger partial charge is 0.269 e. The Kier molecular flexibility index (Phi) is 5.96. The number of para-hydroxylation sites is 1. The summed E-state index contributed by atoms with van der Waals surface area (Å²) in [5.41, 5.74) is 3.67. The van der Waals surface area contributed by atoms with E-state index >= 15 is 0 Å². The average molecular weight is 325 g/mol. The zero-order chi connectivity index (χ0) is 17.6. The standard InChI is InChI=1S/C20H27N3O/c1-5-6-13-21-19(24)18-12-11-15(14-22-18)23-17-10-8-7-9-16(17)20(2,3)4/h7-12,14,23H,5-6,13H2,1-4H3,(H,21,24). The molecule has 0 unspecified atom stereocenters. The average Bonchev–Trinajstić information content (AvgIpc) is 2.55. The monoisotopic (exact) mass is 325 g/mol. The van der Waals surface area contributed by atoms with Crippen molar-refractivity contribution in [2.24, 2.45) is 0 Å². The summed E-state index contributed by atoms with van der Waals surface area (Å²) in [5.74, 6) is -0.120. The third-order valence-electron chi connectivity index (χ3n) is 3.83. The van der Waals surface area contributed by atoms with Crippen LogP contribution in [0, 0.1) is 0 Å². The van der Waals surface area contributed by atoms with Gasteiger partial charge in [-0.15, -0.1) is 0 Å². The quantitative estimate of drug-likeness (QED) is 0.760. The van der Waals surface area contributed by atoms with Crippen LogP contribution in [0.1, 0.15) is 56.6 Å². The van der Waals surface area contributed by atoms with Crippen LogP contribution in [-0.2, 0) is 5.41 Å². The van der Waals surface area contributed by atoms with Gasteiger partial charge in [-0.3, -0.25) is 4.79 Å². The van der Waals surface area contributed by atoms with E-state index in [1.54, 1.807) is 12.3 Å². The summed E-state index contributed by atoms with van der Waals surface area (Å²) in [7, 11) is 0. The largest absolute Gasteiger partial charge is 0.354 e. The molecular formula is C20H27N3O. The highest BCUT2D eigenvalue weighted by Crippen LogP contribution is 2.31. The van der Waals surface area contributed by atoms with E-state index in [2.05, 4.69) is 55.4 Å². The Hall–Kier alpha value is -2.36. The molecular weight excluding hydrogens is 298 g/mol. The van der Waals surface area contributed by atoms with Gasteiger partial charge in [0.05, 0.1) is 11.9 Å². The SMILES string of the molecule is CCCCNC(=O)c1ccc(Nc2ccccc2C(C)(C)C)cn1. The highest BCUT2D eigenvalue weighted by molar-refractivity contribution is 5.92. The van der Waals surface area contributed by atoms with Gasteiger partial charge in [-0.25, -0.2) is 4.98 Å². The maximum absolute atomic E-state index is 12.0. The molecule has 0 fully saturated rings. The van der Waals surface area contributed by atoms with Gasteiger partial charge >= 0.3 is 0 Å². The number of nitrogens with zero attached hydrogens (tertiary/aromatic N) is 1. The summed E-state index contributed by atoms with van der Waals surface area (Å²) < 4.78 is 0. The Balaban J connectivity index is 2.09. The van der Waals surface area contributed by atoms with Crippen molar-refractivity contribution in [3.05, 3.63) is 53.9 Å². The molecule has 4 heteroatoms. The van der Waals surface area contributed by atoms with E-state index in [-0.39, 0.29) is 11.3 Å². The second kappa shape index (κ2) is 7.95. The predicted octanol–water partition coefficient (Wildman–Crippen LogP) is 4.65. The number of rotatable bonds is 6. The summed E-state index contributed by atoms with van der Waals surface area (Å²) in [5, 5.41) is 6.28. The van der Waals surface area contributed by atoms with Gasteiger partial charge < -0.3 is 10.6 Å². The molecule has 2 N–H and O–H groups in total. The van der Waals surface area contributed by atoms with E-state index in [0.29, 0.717) is 12.2 Å². The van der Waals surface area contributed by atoms with Gasteiger partial charge in [0.15, 0.2) is 0 Å². The minimum absolute atomic E-state index is 0.0517. The summed E-state index contributed by atoms with van der Waals surface area (Å²) in [6.07, 6.45) is 3.74. The maximum Gasteiger partial charge on any atom is 0.269 e. The number of hydrogen-bond acceptors (Lipinski definition) is 3. The van der Waals surface area contributed by atoms with Gasteiger partial charge in [-0.05, 0) is 35.6 Å².